The van der Waals surface area contributed by atoms with E-state index >= 15 is 0 Å². The molecule has 0 heterocycles. The highest BCUT2D eigenvalue weighted by atomic mass is 35.5. The maximum atomic E-state index is 11.9. The van der Waals surface area contributed by atoms with Crippen LogP contribution in [0.5, 0.6) is 0 Å². The van der Waals surface area contributed by atoms with Crippen LogP contribution in [-0.4, -0.2) is 24.3 Å². The Labute approximate surface area is 123 Å². The Hall–Kier alpha value is -1.39. The van der Waals surface area contributed by atoms with Crippen LogP contribution in [0, 0.1) is 5.92 Å². The van der Waals surface area contributed by atoms with Crippen LogP contribution in [0.1, 0.15) is 36.0 Å². The summed E-state index contributed by atoms with van der Waals surface area (Å²) in [5.74, 6) is 0.373. The van der Waals surface area contributed by atoms with E-state index in [0.29, 0.717) is 23.0 Å². The zero-order chi connectivity index (χ0) is 14.5. The van der Waals surface area contributed by atoms with Gasteiger partial charge < -0.3 is 11.1 Å². The number of hydrogen-bond donors (Lipinski definition) is 2. The van der Waals surface area contributed by atoms with Crippen LogP contribution in [0.25, 0.3) is 0 Å². The third kappa shape index (κ3) is 4.32. The largest absolute Gasteiger partial charge is 0.352 e. The monoisotopic (exact) mass is 294 g/mol. The van der Waals surface area contributed by atoms with E-state index < -0.39 is 0 Å². The normalized spacial score (nSPS) is 15.7. The van der Waals surface area contributed by atoms with Crippen molar-refractivity contribution >= 4 is 23.3 Å². The van der Waals surface area contributed by atoms with Crippen molar-refractivity contribution in [1.29, 1.82) is 0 Å². The lowest BCUT2D eigenvalue weighted by Crippen LogP contribution is -2.41. The standard InChI is InChI=1S/C15H19ClN2O2/c16-12-5-3-11(4-6-12)14(19)7-8-15(20)18-13(9-17)10-1-2-10/h3-6,10,13H,1-2,7-9,17H2,(H,18,20). The molecule has 0 bridgehead atoms. The molecule has 1 unspecified atom stereocenters. The Balaban J connectivity index is 1.77. The van der Waals surface area contributed by atoms with Gasteiger partial charge in [-0.25, -0.2) is 0 Å². The summed E-state index contributed by atoms with van der Waals surface area (Å²) in [5, 5.41) is 3.50. The summed E-state index contributed by atoms with van der Waals surface area (Å²) < 4.78 is 0. The molecule has 1 atom stereocenters. The summed E-state index contributed by atoms with van der Waals surface area (Å²) in [7, 11) is 0. The number of ketones is 1. The minimum absolute atomic E-state index is 0.0486. The molecule has 4 nitrogen and oxygen atoms in total. The summed E-state index contributed by atoms with van der Waals surface area (Å²) in [6.45, 7) is 0.460. The highest BCUT2D eigenvalue weighted by molar-refractivity contribution is 6.30. The van der Waals surface area contributed by atoms with E-state index in [2.05, 4.69) is 5.32 Å². The topological polar surface area (TPSA) is 72.2 Å². The lowest BCUT2D eigenvalue weighted by atomic mass is 10.1. The van der Waals surface area contributed by atoms with E-state index in [-0.39, 0.29) is 30.6 Å². The smallest absolute Gasteiger partial charge is 0.220 e. The maximum absolute atomic E-state index is 11.9. The van der Waals surface area contributed by atoms with Gasteiger partial charge >= 0.3 is 0 Å². The fourth-order valence-electron chi connectivity index (χ4n) is 2.15. The lowest BCUT2D eigenvalue weighted by Gasteiger charge is -2.15. The summed E-state index contributed by atoms with van der Waals surface area (Å²) in [6, 6.07) is 6.76. The number of nitrogens with two attached hydrogens (primary N) is 1. The number of carbonyl (C=O) groups is 2. The molecule has 108 valence electrons. The molecule has 0 saturated heterocycles. The van der Waals surface area contributed by atoms with E-state index in [1.807, 2.05) is 0 Å². The van der Waals surface area contributed by atoms with Gasteiger partial charge in [0.05, 0.1) is 0 Å². The molecular formula is C15H19ClN2O2. The summed E-state index contributed by atoms with van der Waals surface area (Å²) in [5.41, 5.74) is 6.21. The van der Waals surface area contributed by atoms with Gasteiger partial charge in [0.25, 0.3) is 0 Å². The third-order valence-electron chi connectivity index (χ3n) is 3.54. The minimum atomic E-state index is -0.102. The van der Waals surface area contributed by atoms with Gasteiger partial charge in [-0.2, -0.15) is 0 Å². The van der Waals surface area contributed by atoms with Crippen LogP contribution in [0.15, 0.2) is 24.3 Å². The number of carbonyl (C=O) groups excluding carboxylic acids is 2. The summed E-state index contributed by atoms with van der Waals surface area (Å²) >= 11 is 5.77. The van der Waals surface area contributed by atoms with Gasteiger partial charge in [0, 0.05) is 36.0 Å². The van der Waals surface area contributed by atoms with E-state index in [0.717, 1.165) is 12.8 Å². The van der Waals surface area contributed by atoms with E-state index in [4.69, 9.17) is 17.3 Å². The average molecular weight is 295 g/mol. The first-order chi connectivity index (χ1) is 9.60. The molecule has 0 spiro atoms. The predicted octanol–water partition coefficient (Wildman–Crippen LogP) is 2.16. The van der Waals surface area contributed by atoms with Crippen molar-refractivity contribution in [3.05, 3.63) is 34.9 Å². The average Bonchev–Trinajstić information content (AvgIpc) is 3.27. The molecular weight excluding hydrogens is 276 g/mol. The Morgan fingerprint density at radius 3 is 2.45 bits per heavy atom. The molecule has 1 aromatic carbocycles. The highest BCUT2D eigenvalue weighted by Gasteiger charge is 2.31. The molecule has 0 aromatic heterocycles. The molecule has 3 N–H and O–H groups in total. The molecule has 1 amide bonds. The number of amides is 1. The van der Waals surface area contributed by atoms with Gasteiger partial charge in [-0.3, -0.25) is 9.59 Å². The zero-order valence-electron chi connectivity index (χ0n) is 11.3. The van der Waals surface area contributed by atoms with E-state index in [9.17, 15) is 9.59 Å². The fourth-order valence-corrected chi connectivity index (χ4v) is 2.28. The first kappa shape index (κ1) is 15.0. The van der Waals surface area contributed by atoms with Crippen molar-refractivity contribution in [2.24, 2.45) is 11.7 Å². The molecule has 1 aromatic rings. The number of rotatable bonds is 7. The van der Waals surface area contributed by atoms with Crippen molar-refractivity contribution in [3.63, 3.8) is 0 Å². The SMILES string of the molecule is NCC(NC(=O)CCC(=O)c1ccc(Cl)cc1)C1CC1. The van der Waals surface area contributed by atoms with Gasteiger partial charge in [-0.15, -0.1) is 0 Å². The predicted molar refractivity (Wildman–Crippen MR) is 78.7 cm³/mol. The van der Waals surface area contributed by atoms with Crippen molar-refractivity contribution in [1.82, 2.24) is 5.32 Å². The first-order valence-electron chi connectivity index (χ1n) is 6.88. The Morgan fingerprint density at radius 1 is 1.25 bits per heavy atom. The van der Waals surface area contributed by atoms with Gasteiger partial charge in [-0.05, 0) is 43.0 Å². The molecule has 1 aliphatic rings. The maximum Gasteiger partial charge on any atom is 0.220 e. The highest BCUT2D eigenvalue weighted by Crippen LogP contribution is 2.32. The second-order valence-electron chi connectivity index (χ2n) is 5.18. The van der Waals surface area contributed by atoms with Crippen LogP contribution in [0.4, 0.5) is 0 Å². The molecule has 20 heavy (non-hydrogen) atoms. The third-order valence-corrected chi connectivity index (χ3v) is 3.79. The van der Waals surface area contributed by atoms with Crippen molar-refractivity contribution in [2.45, 2.75) is 31.7 Å². The zero-order valence-corrected chi connectivity index (χ0v) is 12.0. The van der Waals surface area contributed by atoms with E-state index in [1.165, 1.54) is 0 Å². The number of nitrogens with one attached hydrogen (secondary N) is 1. The van der Waals surface area contributed by atoms with Crippen molar-refractivity contribution in [3.8, 4) is 0 Å². The van der Waals surface area contributed by atoms with Crippen molar-refractivity contribution in [2.75, 3.05) is 6.54 Å². The molecule has 1 fully saturated rings. The molecule has 1 aliphatic carbocycles. The molecule has 5 heteroatoms. The lowest BCUT2D eigenvalue weighted by molar-refractivity contribution is -0.121. The summed E-state index contributed by atoms with van der Waals surface area (Å²) in [4.78, 5) is 23.7. The second kappa shape index (κ2) is 6.86. The summed E-state index contributed by atoms with van der Waals surface area (Å²) in [6.07, 6.45) is 2.66. The number of Topliss-reactive ketones (excluding diaryl/α,β-unsaturated/α-hetero) is 1. The number of benzene rings is 1. The quantitative estimate of drug-likeness (QED) is 0.757. The molecule has 1 saturated carbocycles. The number of hydrogen-bond acceptors (Lipinski definition) is 3. The first-order valence-corrected chi connectivity index (χ1v) is 7.26. The van der Waals surface area contributed by atoms with Gasteiger partial charge in [-0.1, -0.05) is 11.6 Å². The van der Waals surface area contributed by atoms with Gasteiger partial charge in [0.2, 0.25) is 5.91 Å². The Morgan fingerprint density at radius 2 is 1.90 bits per heavy atom. The second-order valence-corrected chi connectivity index (χ2v) is 5.61. The van der Waals surface area contributed by atoms with Crippen LogP contribution in [-0.2, 0) is 4.79 Å². The van der Waals surface area contributed by atoms with Crippen LogP contribution < -0.4 is 11.1 Å². The van der Waals surface area contributed by atoms with Gasteiger partial charge in [0.15, 0.2) is 5.78 Å². The Bertz CT molecular complexity index is 483. The number of halogens is 1. The molecule has 0 aliphatic heterocycles. The van der Waals surface area contributed by atoms with E-state index in [1.54, 1.807) is 24.3 Å². The fraction of sp³-hybridized carbons (Fsp3) is 0.467. The van der Waals surface area contributed by atoms with Crippen LogP contribution in [0.2, 0.25) is 5.02 Å². The minimum Gasteiger partial charge on any atom is -0.352 e. The Kier molecular flexibility index (Phi) is 5.15. The molecule has 2 rings (SSSR count). The van der Waals surface area contributed by atoms with Gasteiger partial charge in [0.1, 0.15) is 0 Å². The molecule has 0 radical (unpaired) electrons. The van der Waals surface area contributed by atoms with Crippen molar-refractivity contribution < 1.29 is 9.59 Å². The van der Waals surface area contributed by atoms with Crippen LogP contribution in [0.3, 0.4) is 0 Å². The van der Waals surface area contributed by atoms with Crippen LogP contribution >= 0.6 is 11.6 Å².